The molecule has 0 saturated heterocycles. The van der Waals surface area contributed by atoms with Crippen molar-refractivity contribution < 1.29 is 0 Å². The van der Waals surface area contributed by atoms with Gasteiger partial charge in [-0.1, -0.05) is 25.1 Å². The average molecular weight is 192 g/mol. The molecular weight excluding hydrogens is 170 g/mol. The molecule has 1 atom stereocenters. The first-order valence-electron chi connectivity index (χ1n) is 5.52. The molecule has 1 aromatic carbocycles. The quantitative estimate of drug-likeness (QED) is 0.641. The maximum atomic E-state index is 2.32. The van der Waals surface area contributed by atoms with Gasteiger partial charge in [0.1, 0.15) is 5.69 Å². The van der Waals surface area contributed by atoms with Crippen molar-refractivity contribution in [2.75, 3.05) is 13.6 Å². The highest BCUT2D eigenvalue weighted by molar-refractivity contribution is 5.42. The normalized spacial score (nSPS) is 15.5. The van der Waals surface area contributed by atoms with E-state index in [-0.39, 0.29) is 0 Å². The zero-order chi connectivity index (χ0) is 10.6. The Balaban J connectivity index is 2.99. The first-order chi connectivity index (χ1) is 6.61. The zero-order valence-electron chi connectivity index (χ0n) is 9.83. The maximum absolute atomic E-state index is 2.32. The van der Waals surface area contributed by atoms with Gasteiger partial charge in [-0.05, 0) is 32.4 Å². The van der Waals surface area contributed by atoms with Crippen molar-refractivity contribution >= 4 is 5.69 Å². The smallest absolute Gasteiger partial charge is 0.132 e. The molecule has 14 heavy (non-hydrogen) atoms. The first kappa shape index (κ1) is 11.3. The fourth-order valence-electron chi connectivity index (χ4n) is 1.92. The molecule has 0 radical (unpaired) electrons. The van der Waals surface area contributed by atoms with E-state index in [2.05, 4.69) is 58.2 Å². The summed E-state index contributed by atoms with van der Waals surface area (Å²) in [4.78, 5) is 0. The SMILES string of the molecule is CCC[N+](C)(c1ccccc1)C(C)C. The van der Waals surface area contributed by atoms with E-state index in [4.69, 9.17) is 0 Å². The predicted octanol–water partition coefficient (Wildman–Crippen LogP) is 3.44. The number of benzene rings is 1. The number of para-hydroxylation sites is 1. The number of hydrogen-bond donors (Lipinski definition) is 0. The van der Waals surface area contributed by atoms with Crippen LogP contribution in [0.5, 0.6) is 0 Å². The van der Waals surface area contributed by atoms with Gasteiger partial charge in [0.05, 0.1) is 19.6 Å². The number of hydrogen-bond acceptors (Lipinski definition) is 0. The van der Waals surface area contributed by atoms with Crippen molar-refractivity contribution in [3.8, 4) is 0 Å². The minimum Gasteiger partial charge on any atom is -0.292 e. The number of nitrogens with zero attached hydrogens (tertiary/aromatic N) is 1. The van der Waals surface area contributed by atoms with Gasteiger partial charge in [0, 0.05) is 0 Å². The lowest BCUT2D eigenvalue weighted by Gasteiger charge is -2.37. The van der Waals surface area contributed by atoms with E-state index in [1.54, 1.807) is 0 Å². The number of quaternary nitrogens is 1. The summed E-state index contributed by atoms with van der Waals surface area (Å²) in [6, 6.07) is 11.4. The minimum absolute atomic E-state index is 0.636. The molecule has 0 saturated carbocycles. The molecule has 0 aliphatic heterocycles. The van der Waals surface area contributed by atoms with E-state index in [1.807, 2.05) is 0 Å². The van der Waals surface area contributed by atoms with Crippen LogP contribution in [-0.4, -0.2) is 19.6 Å². The van der Waals surface area contributed by atoms with Gasteiger partial charge in [-0.2, -0.15) is 0 Å². The molecular formula is C13H22N+. The van der Waals surface area contributed by atoms with Crippen LogP contribution in [0.3, 0.4) is 0 Å². The maximum Gasteiger partial charge on any atom is 0.132 e. The summed E-state index contributed by atoms with van der Waals surface area (Å²) >= 11 is 0. The molecule has 0 aliphatic rings. The Morgan fingerprint density at radius 2 is 1.71 bits per heavy atom. The molecule has 1 rings (SSSR count). The summed E-state index contributed by atoms with van der Waals surface area (Å²) < 4.78 is 1.04. The Morgan fingerprint density at radius 1 is 1.14 bits per heavy atom. The van der Waals surface area contributed by atoms with Gasteiger partial charge in [-0.15, -0.1) is 0 Å². The second-order valence-corrected chi connectivity index (χ2v) is 4.42. The van der Waals surface area contributed by atoms with Crippen molar-refractivity contribution in [1.82, 2.24) is 4.48 Å². The third kappa shape index (κ3) is 2.16. The van der Waals surface area contributed by atoms with E-state index in [1.165, 1.54) is 18.7 Å². The average Bonchev–Trinajstić information content (AvgIpc) is 2.19. The Kier molecular flexibility index (Phi) is 3.70. The summed E-state index contributed by atoms with van der Waals surface area (Å²) in [5.74, 6) is 0. The van der Waals surface area contributed by atoms with E-state index in [9.17, 15) is 0 Å². The van der Waals surface area contributed by atoms with Crippen LogP contribution in [0.1, 0.15) is 27.2 Å². The van der Waals surface area contributed by atoms with Crippen LogP contribution in [0.4, 0.5) is 5.69 Å². The van der Waals surface area contributed by atoms with Gasteiger partial charge in [0.25, 0.3) is 0 Å². The van der Waals surface area contributed by atoms with Crippen LogP contribution < -0.4 is 4.48 Å². The lowest BCUT2D eigenvalue weighted by atomic mass is 10.1. The third-order valence-corrected chi connectivity index (χ3v) is 3.17. The Hall–Kier alpha value is -0.820. The van der Waals surface area contributed by atoms with Crippen molar-refractivity contribution in [1.29, 1.82) is 0 Å². The Morgan fingerprint density at radius 3 is 2.14 bits per heavy atom. The molecule has 0 aromatic heterocycles. The van der Waals surface area contributed by atoms with Crippen LogP contribution >= 0.6 is 0 Å². The molecule has 0 amide bonds. The first-order valence-corrected chi connectivity index (χ1v) is 5.52. The predicted molar refractivity (Wildman–Crippen MR) is 64.5 cm³/mol. The summed E-state index contributed by atoms with van der Waals surface area (Å²) in [7, 11) is 2.32. The summed E-state index contributed by atoms with van der Waals surface area (Å²) in [6.07, 6.45) is 1.23. The highest BCUT2D eigenvalue weighted by Gasteiger charge is 2.27. The van der Waals surface area contributed by atoms with Gasteiger partial charge < -0.3 is 0 Å². The van der Waals surface area contributed by atoms with Crippen molar-refractivity contribution in [2.24, 2.45) is 0 Å². The largest absolute Gasteiger partial charge is 0.292 e. The van der Waals surface area contributed by atoms with Gasteiger partial charge in [0.2, 0.25) is 0 Å². The highest BCUT2D eigenvalue weighted by Crippen LogP contribution is 2.24. The molecule has 1 heteroatoms. The van der Waals surface area contributed by atoms with Gasteiger partial charge in [-0.25, -0.2) is 0 Å². The van der Waals surface area contributed by atoms with Crippen LogP contribution in [0.2, 0.25) is 0 Å². The third-order valence-electron chi connectivity index (χ3n) is 3.17. The van der Waals surface area contributed by atoms with Crippen LogP contribution in [-0.2, 0) is 0 Å². The van der Waals surface area contributed by atoms with E-state index < -0.39 is 0 Å². The van der Waals surface area contributed by atoms with Gasteiger partial charge in [-0.3, -0.25) is 4.48 Å². The second kappa shape index (κ2) is 4.61. The highest BCUT2D eigenvalue weighted by atomic mass is 15.4. The molecule has 1 unspecified atom stereocenters. The lowest BCUT2D eigenvalue weighted by molar-refractivity contribution is 0.272. The van der Waals surface area contributed by atoms with Crippen molar-refractivity contribution in [3.63, 3.8) is 0 Å². The standard InChI is InChI=1S/C13H22N/c1-5-11-14(4,12(2)3)13-9-7-6-8-10-13/h6-10,12H,5,11H2,1-4H3/q+1. The Bertz CT molecular complexity index is 266. The van der Waals surface area contributed by atoms with E-state index in [0.29, 0.717) is 6.04 Å². The fraction of sp³-hybridized carbons (Fsp3) is 0.538. The summed E-state index contributed by atoms with van der Waals surface area (Å²) in [5, 5.41) is 0. The molecule has 0 fully saturated rings. The number of rotatable bonds is 4. The second-order valence-electron chi connectivity index (χ2n) is 4.42. The van der Waals surface area contributed by atoms with Crippen molar-refractivity contribution in [2.45, 2.75) is 33.2 Å². The van der Waals surface area contributed by atoms with Crippen LogP contribution in [0, 0.1) is 0 Å². The molecule has 0 heterocycles. The Labute approximate surface area is 88.0 Å². The molecule has 1 nitrogen and oxygen atoms in total. The van der Waals surface area contributed by atoms with Crippen molar-refractivity contribution in [3.05, 3.63) is 30.3 Å². The molecule has 0 spiro atoms. The zero-order valence-corrected chi connectivity index (χ0v) is 9.83. The molecule has 0 bridgehead atoms. The summed E-state index contributed by atoms with van der Waals surface area (Å²) in [5.41, 5.74) is 1.42. The molecule has 0 aliphatic carbocycles. The van der Waals surface area contributed by atoms with Gasteiger partial charge >= 0.3 is 0 Å². The van der Waals surface area contributed by atoms with Crippen LogP contribution in [0.25, 0.3) is 0 Å². The lowest BCUT2D eigenvalue weighted by Crippen LogP contribution is -2.51. The molecule has 1 aromatic rings. The topological polar surface area (TPSA) is 0 Å². The van der Waals surface area contributed by atoms with E-state index in [0.717, 1.165) is 4.48 Å². The van der Waals surface area contributed by atoms with Gasteiger partial charge in [0.15, 0.2) is 0 Å². The van der Waals surface area contributed by atoms with E-state index >= 15 is 0 Å². The molecule has 78 valence electrons. The minimum atomic E-state index is 0.636. The monoisotopic (exact) mass is 192 g/mol. The molecule has 0 N–H and O–H groups in total. The van der Waals surface area contributed by atoms with Crippen LogP contribution in [0.15, 0.2) is 30.3 Å². The summed E-state index contributed by atoms with van der Waals surface area (Å²) in [6.45, 7) is 8.05. The fourth-order valence-corrected chi connectivity index (χ4v) is 1.92.